The van der Waals surface area contributed by atoms with E-state index < -0.39 is 0 Å². The monoisotopic (exact) mass is 276 g/mol. The Morgan fingerprint density at radius 2 is 1.29 bits per heavy atom. The van der Waals surface area contributed by atoms with Crippen LogP contribution in [0.15, 0.2) is 72.8 Å². The van der Waals surface area contributed by atoms with Gasteiger partial charge in [-0.25, -0.2) is 0 Å². The molecule has 0 fully saturated rings. The molecule has 0 amide bonds. The number of hydrogen-bond donors (Lipinski definition) is 0. The molecule has 0 bridgehead atoms. The molecule has 0 saturated carbocycles. The Labute approximate surface area is 126 Å². The fraction of sp³-hybridized carbons (Fsp3) is 0.250. The Bertz CT molecular complexity index is 613. The van der Waals surface area contributed by atoms with Gasteiger partial charge in [0.15, 0.2) is 0 Å². The third-order valence-electron chi connectivity index (χ3n) is 4.71. The first-order valence-corrected chi connectivity index (χ1v) is 7.38. The maximum atomic E-state index is 11.9. The van der Waals surface area contributed by atoms with Gasteiger partial charge in [0.05, 0.1) is 0 Å². The number of benzene rings is 2. The standard InChI is InChI=1S/C20H20O/c1-19(2)13-14-20(18(19)15-21,16-9-5-3-6-10-16)17-11-7-4-8-12-17/h3-15,18H,1-2H3. The third kappa shape index (κ3) is 2.04. The van der Waals surface area contributed by atoms with E-state index in [1.165, 1.54) is 11.1 Å². The average molecular weight is 276 g/mol. The number of carbonyl (C=O) groups excluding carboxylic acids is 1. The predicted molar refractivity (Wildman–Crippen MR) is 86.1 cm³/mol. The first-order chi connectivity index (χ1) is 10.1. The van der Waals surface area contributed by atoms with E-state index in [4.69, 9.17) is 0 Å². The fourth-order valence-corrected chi connectivity index (χ4v) is 3.57. The van der Waals surface area contributed by atoms with Gasteiger partial charge in [-0.15, -0.1) is 0 Å². The molecule has 0 spiro atoms. The number of allylic oxidation sites excluding steroid dienone is 2. The van der Waals surface area contributed by atoms with Crippen LogP contribution in [0.1, 0.15) is 25.0 Å². The van der Waals surface area contributed by atoms with Crippen LogP contribution in [0.25, 0.3) is 0 Å². The van der Waals surface area contributed by atoms with Gasteiger partial charge >= 0.3 is 0 Å². The van der Waals surface area contributed by atoms with Crippen LogP contribution in [-0.4, -0.2) is 6.29 Å². The molecule has 3 rings (SSSR count). The summed E-state index contributed by atoms with van der Waals surface area (Å²) in [7, 11) is 0. The van der Waals surface area contributed by atoms with E-state index >= 15 is 0 Å². The molecule has 0 aromatic heterocycles. The molecule has 2 aromatic carbocycles. The van der Waals surface area contributed by atoms with Crippen molar-refractivity contribution in [2.75, 3.05) is 0 Å². The first kappa shape index (κ1) is 13.8. The summed E-state index contributed by atoms with van der Waals surface area (Å²) in [5.41, 5.74) is 1.84. The molecule has 1 heteroatoms. The summed E-state index contributed by atoms with van der Waals surface area (Å²) in [5.74, 6) is -0.102. The zero-order valence-electron chi connectivity index (χ0n) is 12.5. The van der Waals surface area contributed by atoms with Gasteiger partial charge in [0.25, 0.3) is 0 Å². The summed E-state index contributed by atoms with van der Waals surface area (Å²) in [6, 6.07) is 20.7. The second kappa shape index (κ2) is 5.00. The van der Waals surface area contributed by atoms with Crippen LogP contribution < -0.4 is 0 Å². The summed E-state index contributed by atoms with van der Waals surface area (Å²) in [4.78, 5) is 11.9. The van der Waals surface area contributed by atoms with Gasteiger partial charge in [-0.05, 0) is 16.5 Å². The van der Waals surface area contributed by atoms with Gasteiger partial charge in [0, 0.05) is 11.3 Å². The lowest BCUT2D eigenvalue weighted by molar-refractivity contribution is -0.114. The summed E-state index contributed by atoms with van der Waals surface area (Å²) in [6.07, 6.45) is 5.53. The Hall–Kier alpha value is -2.15. The maximum Gasteiger partial charge on any atom is 0.125 e. The molecule has 0 saturated heterocycles. The van der Waals surface area contributed by atoms with Gasteiger partial charge in [-0.3, -0.25) is 0 Å². The second-order valence-electron chi connectivity index (χ2n) is 6.37. The summed E-state index contributed by atoms with van der Waals surface area (Å²) in [5, 5.41) is 0. The summed E-state index contributed by atoms with van der Waals surface area (Å²) < 4.78 is 0. The molecular formula is C20H20O. The Morgan fingerprint density at radius 1 is 0.810 bits per heavy atom. The van der Waals surface area contributed by atoms with Crippen LogP contribution in [0.2, 0.25) is 0 Å². The zero-order valence-corrected chi connectivity index (χ0v) is 12.5. The summed E-state index contributed by atoms with van der Waals surface area (Å²) >= 11 is 0. The van der Waals surface area contributed by atoms with Crippen molar-refractivity contribution in [3.63, 3.8) is 0 Å². The molecule has 0 radical (unpaired) electrons. The topological polar surface area (TPSA) is 17.1 Å². The number of rotatable bonds is 3. The van der Waals surface area contributed by atoms with E-state index in [-0.39, 0.29) is 16.7 Å². The SMILES string of the molecule is CC1(C)C=CC(c2ccccc2)(c2ccccc2)C1C=O. The van der Waals surface area contributed by atoms with Crippen LogP contribution >= 0.6 is 0 Å². The molecule has 0 N–H and O–H groups in total. The van der Waals surface area contributed by atoms with E-state index in [0.29, 0.717) is 0 Å². The largest absolute Gasteiger partial charge is 0.303 e. The average Bonchev–Trinajstić information content (AvgIpc) is 2.81. The maximum absolute atomic E-state index is 11.9. The van der Waals surface area contributed by atoms with Crippen molar-refractivity contribution < 1.29 is 4.79 Å². The normalized spacial score (nSPS) is 22.1. The molecule has 1 aliphatic rings. The molecular weight excluding hydrogens is 256 g/mol. The van der Waals surface area contributed by atoms with Crippen LogP contribution in [0.5, 0.6) is 0 Å². The molecule has 2 aromatic rings. The van der Waals surface area contributed by atoms with E-state index in [0.717, 1.165) is 6.29 Å². The van der Waals surface area contributed by atoms with Gasteiger partial charge in [-0.1, -0.05) is 86.7 Å². The van der Waals surface area contributed by atoms with Gasteiger partial charge in [-0.2, -0.15) is 0 Å². The molecule has 1 aliphatic carbocycles. The highest BCUT2D eigenvalue weighted by atomic mass is 16.1. The van der Waals surface area contributed by atoms with Crippen molar-refractivity contribution in [3.05, 3.63) is 83.9 Å². The lowest BCUT2D eigenvalue weighted by Gasteiger charge is -2.38. The molecule has 0 aliphatic heterocycles. The van der Waals surface area contributed by atoms with Gasteiger partial charge in [0.1, 0.15) is 6.29 Å². The quantitative estimate of drug-likeness (QED) is 0.600. The number of hydrogen-bond acceptors (Lipinski definition) is 1. The lowest BCUT2D eigenvalue weighted by atomic mass is 9.63. The van der Waals surface area contributed by atoms with E-state index in [2.05, 4.69) is 50.3 Å². The molecule has 21 heavy (non-hydrogen) atoms. The van der Waals surface area contributed by atoms with Gasteiger partial charge in [0.2, 0.25) is 0 Å². The van der Waals surface area contributed by atoms with Crippen molar-refractivity contribution in [1.82, 2.24) is 0 Å². The molecule has 1 unspecified atom stereocenters. The predicted octanol–water partition coefficient (Wildman–Crippen LogP) is 4.38. The molecule has 1 nitrogen and oxygen atoms in total. The van der Waals surface area contributed by atoms with Crippen LogP contribution in [0, 0.1) is 11.3 Å². The third-order valence-corrected chi connectivity index (χ3v) is 4.71. The Balaban J connectivity index is 2.28. The first-order valence-electron chi connectivity index (χ1n) is 7.38. The summed E-state index contributed by atoms with van der Waals surface area (Å²) in [6.45, 7) is 4.27. The minimum absolute atomic E-state index is 0.102. The zero-order chi connectivity index (χ0) is 14.9. The van der Waals surface area contributed by atoms with E-state index in [1.54, 1.807) is 0 Å². The number of carbonyl (C=O) groups is 1. The minimum Gasteiger partial charge on any atom is -0.303 e. The van der Waals surface area contributed by atoms with E-state index in [1.807, 2.05) is 36.4 Å². The Morgan fingerprint density at radius 3 is 1.71 bits per heavy atom. The Kier molecular flexibility index (Phi) is 3.29. The highest BCUT2D eigenvalue weighted by Crippen LogP contribution is 2.52. The second-order valence-corrected chi connectivity index (χ2v) is 6.37. The van der Waals surface area contributed by atoms with Crippen LogP contribution in [0.3, 0.4) is 0 Å². The molecule has 0 heterocycles. The van der Waals surface area contributed by atoms with Crippen molar-refractivity contribution in [1.29, 1.82) is 0 Å². The minimum atomic E-state index is -0.367. The van der Waals surface area contributed by atoms with Crippen molar-refractivity contribution in [2.24, 2.45) is 11.3 Å². The van der Waals surface area contributed by atoms with Crippen molar-refractivity contribution >= 4 is 6.29 Å². The number of aldehydes is 1. The fourth-order valence-electron chi connectivity index (χ4n) is 3.57. The highest BCUT2D eigenvalue weighted by molar-refractivity contribution is 5.67. The van der Waals surface area contributed by atoms with Gasteiger partial charge < -0.3 is 4.79 Å². The van der Waals surface area contributed by atoms with E-state index in [9.17, 15) is 4.79 Å². The van der Waals surface area contributed by atoms with Crippen molar-refractivity contribution in [3.8, 4) is 0 Å². The smallest absolute Gasteiger partial charge is 0.125 e. The van der Waals surface area contributed by atoms with Crippen LogP contribution in [0.4, 0.5) is 0 Å². The molecule has 106 valence electrons. The highest BCUT2D eigenvalue weighted by Gasteiger charge is 2.50. The van der Waals surface area contributed by atoms with Crippen LogP contribution in [-0.2, 0) is 10.2 Å². The molecule has 1 atom stereocenters. The van der Waals surface area contributed by atoms with Crippen molar-refractivity contribution in [2.45, 2.75) is 19.3 Å². The lowest BCUT2D eigenvalue weighted by Crippen LogP contribution is -2.38.